The summed E-state index contributed by atoms with van der Waals surface area (Å²) in [6.45, 7) is 9.02. The van der Waals surface area contributed by atoms with E-state index in [1.165, 1.54) is 6.07 Å². The van der Waals surface area contributed by atoms with E-state index in [0.717, 1.165) is 37.7 Å². The molecule has 2 aromatic rings. The van der Waals surface area contributed by atoms with Gasteiger partial charge in [-0.15, -0.1) is 0 Å². The van der Waals surface area contributed by atoms with E-state index in [-0.39, 0.29) is 23.3 Å². The molecule has 2 fully saturated rings. The first kappa shape index (κ1) is 18.8. The lowest BCUT2D eigenvalue weighted by atomic mass is 9.61. The zero-order valence-corrected chi connectivity index (χ0v) is 16.7. The summed E-state index contributed by atoms with van der Waals surface area (Å²) in [5.41, 5.74) is 1.61. The fourth-order valence-electron chi connectivity index (χ4n) is 4.29. The topological polar surface area (TPSA) is 67.6 Å². The van der Waals surface area contributed by atoms with E-state index in [0.29, 0.717) is 11.3 Å². The van der Waals surface area contributed by atoms with Crippen LogP contribution in [0.4, 0.5) is 9.18 Å². The van der Waals surface area contributed by atoms with Crippen LogP contribution in [-0.4, -0.2) is 44.6 Å². The second kappa shape index (κ2) is 6.22. The van der Waals surface area contributed by atoms with Gasteiger partial charge in [-0.2, -0.15) is 5.10 Å². The quantitative estimate of drug-likeness (QED) is 0.835. The number of rotatable bonds is 2. The normalized spacial score (nSPS) is 18.7. The molecule has 1 spiro atoms. The molecule has 7 heteroatoms. The summed E-state index contributed by atoms with van der Waals surface area (Å²) in [6, 6.07) is 6.24. The molecule has 150 valence electrons. The number of phenols is 1. The first-order valence-corrected chi connectivity index (χ1v) is 9.58. The molecule has 0 bridgehead atoms. The van der Waals surface area contributed by atoms with Crippen LogP contribution < -0.4 is 0 Å². The number of amides is 1. The lowest BCUT2D eigenvalue weighted by Gasteiger charge is -2.58. The number of benzene rings is 1. The van der Waals surface area contributed by atoms with Crippen molar-refractivity contribution in [2.24, 2.45) is 5.41 Å². The van der Waals surface area contributed by atoms with Crippen LogP contribution in [0.1, 0.15) is 45.3 Å². The summed E-state index contributed by atoms with van der Waals surface area (Å²) >= 11 is 0. The van der Waals surface area contributed by atoms with Gasteiger partial charge in [0.05, 0.1) is 11.7 Å². The molecule has 1 saturated heterocycles. The van der Waals surface area contributed by atoms with Crippen molar-refractivity contribution >= 4 is 6.09 Å². The zero-order valence-electron chi connectivity index (χ0n) is 16.7. The first-order chi connectivity index (χ1) is 13.1. The SMILES string of the molecule is Cc1cc(-c2ccc(O)cc2F)nn1C1CC2(C1)CN(C(=O)OC(C)(C)C)C2. The summed E-state index contributed by atoms with van der Waals surface area (Å²) in [7, 11) is 0. The van der Waals surface area contributed by atoms with Crippen LogP contribution in [0.2, 0.25) is 0 Å². The molecule has 2 aliphatic rings. The van der Waals surface area contributed by atoms with Gasteiger partial charge >= 0.3 is 6.09 Å². The van der Waals surface area contributed by atoms with Crippen molar-refractivity contribution in [1.29, 1.82) is 0 Å². The monoisotopic (exact) mass is 387 g/mol. The number of aromatic hydroxyl groups is 1. The molecule has 1 aromatic carbocycles. The third-order valence-corrected chi connectivity index (χ3v) is 5.54. The molecule has 2 heterocycles. The highest BCUT2D eigenvalue weighted by Gasteiger charge is 2.55. The number of aryl methyl sites for hydroxylation is 1. The second-order valence-electron chi connectivity index (χ2n) is 9.18. The Balaban J connectivity index is 1.40. The maximum absolute atomic E-state index is 14.1. The Bertz CT molecular complexity index is 917. The van der Waals surface area contributed by atoms with E-state index < -0.39 is 11.4 Å². The Labute approximate surface area is 163 Å². The summed E-state index contributed by atoms with van der Waals surface area (Å²) in [6.07, 6.45) is 1.65. The largest absolute Gasteiger partial charge is 0.508 e. The summed E-state index contributed by atoms with van der Waals surface area (Å²) in [5, 5.41) is 14.0. The molecule has 6 nitrogen and oxygen atoms in total. The molecule has 1 aliphatic heterocycles. The first-order valence-electron chi connectivity index (χ1n) is 9.58. The van der Waals surface area contributed by atoms with Crippen LogP contribution in [-0.2, 0) is 4.74 Å². The van der Waals surface area contributed by atoms with Crippen molar-refractivity contribution in [1.82, 2.24) is 14.7 Å². The van der Waals surface area contributed by atoms with Gasteiger partial charge in [-0.25, -0.2) is 9.18 Å². The van der Waals surface area contributed by atoms with Crippen molar-refractivity contribution < 1.29 is 19.0 Å². The summed E-state index contributed by atoms with van der Waals surface area (Å²) < 4.78 is 21.5. The van der Waals surface area contributed by atoms with Gasteiger partial charge in [0.15, 0.2) is 0 Å². The fourth-order valence-corrected chi connectivity index (χ4v) is 4.29. The van der Waals surface area contributed by atoms with Crippen molar-refractivity contribution in [3.8, 4) is 17.0 Å². The minimum atomic E-state index is -0.485. The number of carbonyl (C=O) groups excluding carboxylic acids is 1. The zero-order chi connectivity index (χ0) is 20.3. The highest BCUT2D eigenvalue weighted by Crippen LogP contribution is 2.54. The third-order valence-electron chi connectivity index (χ3n) is 5.54. The molecule has 0 atom stereocenters. The minimum absolute atomic E-state index is 0.0992. The lowest BCUT2D eigenvalue weighted by Crippen LogP contribution is -2.64. The number of halogens is 1. The van der Waals surface area contributed by atoms with E-state index in [1.807, 2.05) is 38.4 Å². The highest BCUT2D eigenvalue weighted by molar-refractivity contribution is 5.69. The van der Waals surface area contributed by atoms with Gasteiger partial charge in [-0.3, -0.25) is 4.68 Å². The minimum Gasteiger partial charge on any atom is -0.508 e. The number of carbonyl (C=O) groups is 1. The van der Waals surface area contributed by atoms with E-state index in [1.54, 1.807) is 11.0 Å². The predicted molar refractivity (Wildman–Crippen MR) is 103 cm³/mol. The van der Waals surface area contributed by atoms with E-state index in [9.17, 15) is 14.3 Å². The molecular formula is C21H26FN3O3. The third kappa shape index (κ3) is 3.34. The van der Waals surface area contributed by atoms with E-state index in [2.05, 4.69) is 5.10 Å². The molecule has 0 unspecified atom stereocenters. The van der Waals surface area contributed by atoms with Crippen molar-refractivity contribution in [3.05, 3.63) is 35.8 Å². The van der Waals surface area contributed by atoms with Crippen LogP contribution in [0.3, 0.4) is 0 Å². The summed E-state index contributed by atoms with van der Waals surface area (Å²) in [4.78, 5) is 13.9. The number of ether oxygens (including phenoxy) is 1. The molecule has 28 heavy (non-hydrogen) atoms. The Morgan fingerprint density at radius 2 is 1.96 bits per heavy atom. The van der Waals surface area contributed by atoms with Gasteiger partial charge in [0.25, 0.3) is 0 Å². The number of likely N-dealkylation sites (tertiary alicyclic amines) is 1. The standard InChI is InChI=1S/C21H26FN3O3/c1-13-7-18(16-6-5-15(26)8-17(16)22)23-25(13)14-9-21(10-14)11-24(12-21)19(27)28-20(2,3)4/h5-8,14,26H,9-12H2,1-4H3. The predicted octanol–water partition coefficient (Wildman–Crippen LogP) is 4.28. The molecule has 1 aromatic heterocycles. The van der Waals surface area contributed by atoms with Crippen LogP contribution in [0, 0.1) is 18.2 Å². The smallest absolute Gasteiger partial charge is 0.410 e. The number of nitrogens with zero attached hydrogens (tertiary/aromatic N) is 3. The Kier molecular flexibility index (Phi) is 4.17. The fraction of sp³-hybridized carbons (Fsp3) is 0.524. The second-order valence-corrected chi connectivity index (χ2v) is 9.18. The van der Waals surface area contributed by atoms with Crippen LogP contribution in [0.15, 0.2) is 24.3 Å². The molecule has 0 radical (unpaired) electrons. The maximum atomic E-state index is 14.1. The number of phenolic OH excluding ortho intramolecular Hbond substituents is 1. The average molecular weight is 387 g/mol. The van der Waals surface area contributed by atoms with Crippen molar-refractivity contribution in [2.45, 2.75) is 52.2 Å². The van der Waals surface area contributed by atoms with Gasteiger partial charge < -0.3 is 14.7 Å². The molecule has 1 aliphatic carbocycles. The average Bonchev–Trinajstić information content (AvgIpc) is 2.84. The van der Waals surface area contributed by atoms with E-state index >= 15 is 0 Å². The van der Waals surface area contributed by atoms with Crippen molar-refractivity contribution in [2.75, 3.05) is 13.1 Å². The Morgan fingerprint density at radius 3 is 2.57 bits per heavy atom. The molecule has 4 rings (SSSR count). The highest BCUT2D eigenvalue weighted by atomic mass is 19.1. The van der Waals surface area contributed by atoms with Crippen molar-refractivity contribution in [3.63, 3.8) is 0 Å². The van der Waals surface area contributed by atoms with Gasteiger partial charge in [0.2, 0.25) is 0 Å². The van der Waals surface area contributed by atoms with Crippen LogP contribution in [0.5, 0.6) is 5.75 Å². The molecule has 1 N–H and O–H groups in total. The number of aromatic nitrogens is 2. The van der Waals surface area contributed by atoms with Gasteiger partial charge in [-0.1, -0.05) is 0 Å². The Morgan fingerprint density at radius 1 is 1.29 bits per heavy atom. The van der Waals surface area contributed by atoms with Gasteiger partial charge in [0.1, 0.15) is 17.2 Å². The number of hydrogen-bond donors (Lipinski definition) is 1. The maximum Gasteiger partial charge on any atom is 0.410 e. The van der Waals surface area contributed by atoms with Crippen LogP contribution >= 0.6 is 0 Å². The number of hydrogen-bond acceptors (Lipinski definition) is 4. The van der Waals surface area contributed by atoms with Gasteiger partial charge in [0, 0.05) is 35.8 Å². The van der Waals surface area contributed by atoms with Gasteiger partial charge in [-0.05, 0) is 58.7 Å². The van der Waals surface area contributed by atoms with E-state index in [4.69, 9.17) is 4.74 Å². The Hall–Kier alpha value is -2.57. The lowest BCUT2D eigenvalue weighted by molar-refractivity contribution is -0.0930. The summed E-state index contributed by atoms with van der Waals surface area (Å²) in [5.74, 6) is -0.584. The molecule has 1 saturated carbocycles. The molecule has 1 amide bonds. The van der Waals surface area contributed by atoms with Crippen LogP contribution in [0.25, 0.3) is 11.3 Å². The molecular weight excluding hydrogens is 361 g/mol.